The van der Waals surface area contributed by atoms with Crippen molar-refractivity contribution in [3.8, 4) is 0 Å². The Labute approximate surface area is 120 Å². The monoisotopic (exact) mass is 291 g/mol. The number of aliphatic hydroxyl groups is 3. The van der Waals surface area contributed by atoms with Gasteiger partial charge in [0.15, 0.2) is 11.5 Å². The van der Waals surface area contributed by atoms with Crippen LogP contribution in [0.15, 0.2) is 24.3 Å². The number of hydrogen-bond acceptors (Lipinski definition) is 7. The van der Waals surface area contributed by atoms with E-state index in [1.54, 1.807) is 17.6 Å². The second-order valence-corrected chi connectivity index (χ2v) is 5.10. The fourth-order valence-electron chi connectivity index (χ4n) is 2.66. The minimum Gasteiger partial charge on any atom is -0.389 e. The third kappa shape index (κ3) is 2.08. The highest BCUT2D eigenvalue weighted by Gasteiger charge is 2.38. The van der Waals surface area contributed by atoms with Gasteiger partial charge in [0.25, 0.3) is 0 Å². The Balaban J connectivity index is 2.06. The molecule has 112 valence electrons. The second kappa shape index (κ2) is 5.06. The summed E-state index contributed by atoms with van der Waals surface area (Å²) in [7, 11) is 0. The summed E-state index contributed by atoms with van der Waals surface area (Å²) in [6, 6.07) is -0.560. The molecule has 0 saturated heterocycles. The summed E-state index contributed by atoms with van der Waals surface area (Å²) < 4.78 is 1.62. The maximum absolute atomic E-state index is 10.2. The molecule has 5 N–H and O–H groups in total. The normalized spacial score (nSPS) is 27.0. The Bertz CT molecular complexity index is 698. The van der Waals surface area contributed by atoms with Gasteiger partial charge < -0.3 is 25.6 Å². The number of fused-ring (bicyclic) bond motifs is 1. The van der Waals surface area contributed by atoms with Crippen LogP contribution >= 0.6 is 0 Å². The van der Waals surface area contributed by atoms with Crippen LogP contribution in [0.1, 0.15) is 19.4 Å². The van der Waals surface area contributed by atoms with Gasteiger partial charge in [0.1, 0.15) is 24.1 Å². The second-order valence-electron chi connectivity index (χ2n) is 5.10. The van der Waals surface area contributed by atoms with Crippen LogP contribution in [0.5, 0.6) is 0 Å². The van der Waals surface area contributed by atoms with E-state index in [1.807, 2.05) is 0 Å². The lowest BCUT2D eigenvalue weighted by Gasteiger charge is -2.20. The minimum atomic E-state index is -1.11. The molecule has 4 atom stereocenters. The maximum atomic E-state index is 10.2. The molecule has 8 heteroatoms. The first kappa shape index (κ1) is 13.9. The maximum Gasteiger partial charge on any atom is 0.166 e. The van der Waals surface area contributed by atoms with E-state index < -0.39 is 24.4 Å². The SMILES string of the molecule is CC[C@H](O)C1=C[C@@H](n2cnc3c(N)ncnc32)[C@H](O)[C@@H]1O. The van der Waals surface area contributed by atoms with Gasteiger partial charge in [-0.25, -0.2) is 15.0 Å². The van der Waals surface area contributed by atoms with Gasteiger partial charge in [-0.1, -0.05) is 13.0 Å². The van der Waals surface area contributed by atoms with Gasteiger partial charge in [0, 0.05) is 0 Å². The van der Waals surface area contributed by atoms with Crippen LogP contribution in [0.25, 0.3) is 11.2 Å². The highest BCUT2D eigenvalue weighted by Crippen LogP contribution is 2.33. The molecule has 0 bridgehead atoms. The molecule has 2 heterocycles. The van der Waals surface area contributed by atoms with E-state index in [0.29, 0.717) is 23.2 Å². The van der Waals surface area contributed by atoms with Crippen molar-refractivity contribution in [3.63, 3.8) is 0 Å². The number of imidazole rings is 1. The van der Waals surface area contributed by atoms with Crippen LogP contribution in [-0.2, 0) is 0 Å². The van der Waals surface area contributed by atoms with Crippen molar-refractivity contribution < 1.29 is 15.3 Å². The van der Waals surface area contributed by atoms with Gasteiger partial charge in [0.2, 0.25) is 0 Å². The lowest BCUT2D eigenvalue weighted by molar-refractivity contribution is 0.0221. The van der Waals surface area contributed by atoms with E-state index in [9.17, 15) is 15.3 Å². The largest absolute Gasteiger partial charge is 0.389 e. The zero-order valence-corrected chi connectivity index (χ0v) is 11.5. The molecule has 1 aliphatic rings. The van der Waals surface area contributed by atoms with Crippen LogP contribution in [0.2, 0.25) is 0 Å². The molecule has 3 rings (SSSR count). The molecule has 0 amide bonds. The van der Waals surface area contributed by atoms with E-state index in [0.717, 1.165) is 0 Å². The van der Waals surface area contributed by atoms with Gasteiger partial charge in [-0.2, -0.15) is 0 Å². The molecule has 0 aliphatic heterocycles. The number of rotatable bonds is 3. The molecule has 0 aromatic carbocycles. The van der Waals surface area contributed by atoms with Crippen molar-refractivity contribution >= 4 is 17.0 Å². The summed E-state index contributed by atoms with van der Waals surface area (Å²) in [5, 5.41) is 30.2. The number of anilines is 1. The summed E-state index contributed by atoms with van der Waals surface area (Å²) in [6.07, 6.45) is 1.96. The van der Waals surface area contributed by atoms with E-state index in [2.05, 4.69) is 15.0 Å². The van der Waals surface area contributed by atoms with Gasteiger partial charge in [-0.3, -0.25) is 0 Å². The molecule has 0 unspecified atom stereocenters. The van der Waals surface area contributed by atoms with Gasteiger partial charge >= 0.3 is 0 Å². The summed E-state index contributed by atoms with van der Waals surface area (Å²) >= 11 is 0. The molecular formula is C13H17N5O3. The molecule has 1 aliphatic carbocycles. The fraction of sp³-hybridized carbons (Fsp3) is 0.462. The first-order chi connectivity index (χ1) is 10.0. The number of hydrogen-bond donors (Lipinski definition) is 4. The Kier molecular flexibility index (Phi) is 3.36. The fourth-order valence-corrected chi connectivity index (χ4v) is 2.66. The molecule has 0 fully saturated rings. The van der Waals surface area contributed by atoms with Crippen LogP contribution in [0.3, 0.4) is 0 Å². The molecule has 0 spiro atoms. The number of aliphatic hydroxyl groups excluding tert-OH is 3. The number of nitrogens with two attached hydrogens (primary N) is 1. The standard InChI is InChI=1S/C13H17N5O3/c1-2-8(19)6-3-7(11(21)10(6)20)18-5-17-9-12(14)15-4-16-13(9)18/h3-5,7-8,10-11,19-21H,2H2,1H3,(H2,14,15,16)/t7-,8+,10-,11+/m1/s1. The molecule has 0 radical (unpaired) electrons. The minimum absolute atomic E-state index is 0.254. The smallest absolute Gasteiger partial charge is 0.166 e. The summed E-state index contributed by atoms with van der Waals surface area (Å²) in [4.78, 5) is 12.1. The molecule has 2 aromatic heterocycles. The molecular weight excluding hydrogens is 274 g/mol. The third-order valence-electron chi connectivity index (χ3n) is 3.86. The number of nitrogens with zero attached hydrogens (tertiary/aromatic N) is 4. The lowest BCUT2D eigenvalue weighted by atomic mass is 10.0. The molecule has 2 aromatic rings. The van der Waals surface area contributed by atoms with Gasteiger partial charge in [-0.15, -0.1) is 0 Å². The predicted molar refractivity (Wildman–Crippen MR) is 75.2 cm³/mol. The van der Waals surface area contributed by atoms with Gasteiger partial charge in [-0.05, 0) is 12.0 Å². The Morgan fingerprint density at radius 3 is 2.81 bits per heavy atom. The van der Waals surface area contributed by atoms with E-state index >= 15 is 0 Å². The highest BCUT2D eigenvalue weighted by atomic mass is 16.3. The average molecular weight is 291 g/mol. The van der Waals surface area contributed by atoms with Crippen molar-refractivity contribution in [2.45, 2.75) is 37.7 Å². The summed E-state index contributed by atoms with van der Waals surface area (Å²) in [6.45, 7) is 1.80. The van der Waals surface area contributed by atoms with Crippen LogP contribution in [0.4, 0.5) is 5.82 Å². The number of nitrogen functional groups attached to an aromatic ring is 1. The van der Waals surface area contributed by atoms with Crippen molar-refractivity contribution in [1.29, 1.82) is 0 Å². The molecule has 8 nitrogen and oxygen atoms in total. The van der Waals surface area contributed by atoms with Crippen molar-refractivity contribution in [2.75, 3.05) is 5.73 Å². The topological polar surface area (TPSA) is 130 Å². The van der Waals surface area contributed by atoms with E-state index in [4.69, 9.17) is 5.73 Å². The zero-order chi connectivity index (χ0) is 15.1. The van der Waals surface area contributed by atoms with Crippen LogP contribution in [0, 0.1) is 0 Å². The number of aromatic nitrogens is 4. The molecule has 21 heavy (non-hydrogen) atoms. The zero-order valence-electron chi connectivity index (χ0n) is 11.5. The first-order valence-corrected chi connectivity index (χ1v) is 6.73. The van der Waals surface area contributed by atoms with E-state index in [1.165, 1.54) is 12.7 Å². The van der Waals surface area contributed by atoms with Crippen LogP contribution in [-0.4, -0.2) is 53.2 Å². The van der Waals surface area contributed by atoms with Gasteiger partial charge in [0.05, 0.1) is 18.5 Å². The lowest BCUT2D eigenvalue weighted by Crippen LogP contribution is -2.31. The van der Waals surface area contributed by atoms with Crippen molar-refractivity contribution in [2.24, 2.45) is 0 Å². The van der Waals surface area contributed by atoms with Crippen molar-refractivity contribution in [3.05, 3.63) is 24.3 Å². The Morgan fingerprint density at radius 2 is 2.10 bits per heavy atom. The van der Waals surface area contributed by atoms with Crippen LogP contribution < -0.4 is 5.73 Å². The highest BCUT2D eigenvalue weighted by molar-refractivity contribution is 5.81. The molecule has 0 saturated carbocycles. The summed E-state index contributed by atoms with van der Waals surface area (Å²) in [5.74, 6) is 0.254. The quantitative estimate of drug-likeness (QED) is 0.554. The van der Waals surface area contributed by atoms with Crippen molar-refractivity contribution in [1.82, 2.24) is 19.5 Å². The average Bonchev–Trinajstić information content (AvgIpc) is 3.02. The summed E-state index contributed by atoms with van der Waals surface area (Å²) in [5.41, 5.74) is 7.06. The third-order valence-corrected chi connectivity index (χ3v) is 3.86. The first-order valence-electron chi connectivity index (χ1n) is 6.73. The Hall–Kier alpha value is -2.03. The van der Waals surface area contributed by atoms with E-state index in [-0.39, 0.29) is 5.82 Å². The Morgan fingerprint density at radius 1 is 1.33 bits per heavy atom. The predicted octanol–water partition coefficient (Wildman–Crippen LogP) is -0.618.